The average Bonchev–Trinajstić information content (AvgIpc) is 3.30. The molecule has 2 aromatic rings. The second-order valence-corrected chi connectivity index (χ2v) is 9.45. The van der Waals surface area contributed by atoms with Crippen LogP contribution < -0.4 is 16.2 Å². The minimum absolute atomic E-state index is 0.0901. The van der Waals surface area contributed by atoms with Gasteiger partial charge in [0, 0.05) is 19.1 Å². The number of aldehydes is 1. The third-order valence-corrected chi connectivity index (χ3v) is 6.79. The number of amides is 2. The number of para-hydroxylation sites is 1. The number of carbonyl (C=O) groups excluding carboxylic acids is 3. The van der Waals surface area contributed by atoms with E-state index in [4.69, 9.17) is 20.9 Å². The number of carbonyl (C=O) groups is 3. The number of rotatable bonds is 9. The first-order valence-corrected chi connectivity index (χ1v) is 12.8. The summed E-state index contributed by atoms with van der Waals surface area (Å²) in [6, 6.07) is 16.7. The van der Waals surface area contributed by atoms with Crippen molar-refractivity contribution in [1.82, 2.24) is 9.80 Å². The van der Waals surface area contributed by atoms with Crippen LogP contribution in [0.3, 0.4) is 0 Å². The molecule has 2 aliphatic heterocycles. The Labute approximate surface area is 218 Å². The number of nitrogens with two attached hydrogens (primary N) is 2. The van der Waals surface area contributed by atoms with Crippen LogP contribution in [0.2, 0.25) is 0 Å². The molecule has 4 N–H and O–H groups in total. The van der Waals surface area contributed by atoms with Gasteiger partial charge in [-0.2, -0.15) is 0 Å². The van der Waals surface area contributed by atoms with E-state index < -0.39 is 12.1 Å². The summed E-state index contributed by atoms with van der Waals surface area (Å²) in [4.78, 5) is 38.2. The molecule has 2 aliphatic rings. The minimum Gasteiger partial charge on any atom is -0.493 e. The fourth-order valence-electron chi connectivity index (χ4n) is 4.67. The van der Waals surface area contributed by atoms with Crippen molar-refractivity contribution in [3.8, 4) is 5.75 Å². The van der Waals surface area contributed by atoms with Crippen molar-refractivity contribution in [1.29, 1.82) is 0 Å². The summed E-state index contributed by atoms with van der Waals surface area (Å²) in [5, 5.41) is 0. The number of ether oxygens (including phenoxy) is 2. The molecule has 9 heteroatoms. The maximum Gasteiger partial charge on any atom is 0.410 e. The van der Waals surface area contributed by atoms with Crippen molar-refractivity contribution < 1.29 is 23.9 Å². The second kappa shape index (κ2) is 14.3. The standard InChI is InChI=1S/C19H28N4O4.C9H10O/c1-22-16(7-8-17(22)18(21)25)9-10-23(11-15(20)12-24)19(26)27-13-14-5-3-2-4-6-14;1-2-6-9-8(4-1)5-3-7-10-9/h2-6,12,15-17H,7-11,13,20H2,1H3,(H2,21,25);1-2,4,6H,3,5,7H2. The quantitative estimate of drug-likeness (QED) is 0.496. The molecular weight excluding hydrogens is 472 g/mol. The van der Waals surface area contributed by atoms with E-state index in [1.54, 1.807) is 0 Å². The smallest absolute Gasteiger partial charge is 0.410 e. The highest BCUT2D eigenvalue weighted by atomic mass is 16.6. The summed E-state index contributed by atoms with van der Waals surface area (Å²) < 4.78 is 10.8. The zero-order valence-corrected chi connectivity index (χ0v) is 21.5. The topological polar surface area (TPSA) is 128 Å². The van der Waals surface area contributed by atoms with Crippen molar-refractivity contribution in [2.45, 2.75) is 56.8 Å². The van der Waals surface area contributed by atoms with Crippen LogP contribution in [0.5, 0.6) is 5.75 Å². The van der Waals surface area contributed by atoms with Crippen molar-refractivity contribution in [3.63, 3.8) is 0 Å². The Morgan fingerprint density at radius 1 is 1.16 bits per heavy atom. The molecular formula is C28H38N4O5. The zero-order chi connectivity index (χ0) is 26.6. The van der Waals surface area contributed by atoms with Gasteiger partial charge in [0.1, 0.15) is 18.6 Å². The molecule has 37 heavy (non-hydrogen) atoms. The van der Waals surface area contributed by atoms with Gasteiger partial charge < -0.3 is 30.6 Å². The van der Waals surface area contributed by atoms with Crippen molar-refractivity contribution in [2.75, 3.05) is 26.7 Å². The van der Waals surface area contributed by atoms with Crippen LogP contribution in [0.25, 0.3) is 0 Å². The Hall–Kier alpha value is -3.43. The number of likely N-dealkylation sites (tertiary alicyclic amines) is 1. The number of nitrogens with zero attached hydrogens (tertiary/aromatic N) is 2. The van der Waals surface area contributed by atoms with Gasteiger partial charge in [-0.1, -0.05) is 48.5 Å². The predicted octanol–water partition coefficient (Wildman–Crippen LogP) is 2.50. The maximum absolute atomic E-state index is 12.5. The Morgan fingerprint density at radius 2 is 1.89 bits per heavy atom. The van der Waals surface area contributed by atoms with E-state index in [0.29, 0.717) is 25.7 Å². The number of hydrogen-bond donors (Lipinski definition) is 2. The molecule has 0 aliphatic carbocycles. The fraction of sp³-hybridized carbons (Fsp3) is 0.464. The van der Waals surface area contributed by atoms with E-state index in [9.17, 15) is 14.4 Å². The number of benzene rings is 2. The maximum atomic E-state index is 12.5. The number of hydrogen-bond acceptors (Lipinski definition) is 7. The lowest BCUT2D eigenvalue weighted by Crippen LogP contribution is -2.45. The first-order chi connectivity index (χ1) is 17.9. The van der Waals surface area contributed by atoms with Crippen LogP contribution in [0.15, 0.2) is 54.6 Å². The summed E-state index contributed by atoms with van der Waals surface area (Å²) >= 11 is 0. The number of primary amides is 1. The van der Waals surface area contributed by atoms with Crippen LogP contribution in [-0.2, 0) is 27.4 Å². The molecule has 1 fully saturated rings. The number of fused-ring (bicyclic) bond motifs is 1. The molecule has 3 unspecified atom stereocenters. The molecule has 4 rings (SSSR count). The van der Waals surface area contributed by atoms with E-state index in [2.05, 4.69) is 12.1 Å². The molecule has 0 spiro atoms. The van der Waals surface area contributed by atoms with E-state index in [1.165, 1.54) is 16.9 Å². The van der Waals surface area contributed by atoms with Crippen molar-refractivity contribution in [3.05, 3.63) is 65.7 Å². The molecule has 2 heterocycles. The minimum atomic E-state index is -0.769. The van der Waals surface area contributed by atoms with E-state index >= 15 is 0 Å². The molecule has 0 radical (unpaired) electrons. The van der Waals surface area contributed by atoms with Crippen LogP contribution >= 0.6 is 0 Å². The highest BCUT2D eigenvalue weighted by Gasteiger charge is 2.34. The van der Waals surface area contributed by atoms with Crippen molar-refractivity contribution >= 4 is 18.3 Å². The molecule has 2 amide bonds. The van der Waals surface area contributed by atoms with Gasteiger partial charge in [0.2, 0.25) is 5.91 Å². The second-order valence-electron chi connectivity index (χ2n) is 9.45. The molecule has 200 valence electrons. The average molecular weight is 511 g/mol. The van der Waals surface area contributed by atoms with Crippen LogP contribution in [0, 0.1) is 0 Å². The van der Waals surface area contributed by atoms with Crippen molar-refractivity contribution in [2.24, 2.45) is 11.5 Å². The first kappa shape index (κ1) is 28.1. The SMILES string of the molecule is CN1C(CCN(CC(N)C=O)C(=O)OCc2ccccc2)CCC1C(N)=O.c1ccc2c(c1)CCCO2. The van der Waals surface area contributed by atoms with E-state index in [-0.39, 0.29) is 31.1 Å². The molecule has 9 nitrogen and oxygen atoms in total. The Morgan fingerprint density at radius 3 is 2.57 bits per heavy atom. The monoisotopic (exact) mass is 510 g/mol. The van der Waals surface area contributed by atoms with Gasteiger partial charge in [-0.25, -0.2) is 4.79 Å². The van der Waals surface area contributed by atoms with Gasteiger partial charge in [-0.3, -0.25) is 9.69 Å². The fourth-order valence-corrected chi connectivity index (χ4v) is 4.67. The van der Waals surface area contributed by atoms with Crippen LogP contribution in [-0.4, -0.2) is 73.0 Å². The molecule has 3 atom stereocenters. The van der Waals surface area contributed by atoms with Gasteiger partial charge in [0.15, 0.2) is 0 Å². The lowest BCUT2D eigenvalue weighted by Gasteiger charge is -2.28. The lowest BCUT2D eigenvalue weighted by molar-refractivity contribution is -0.122. The van der Waals surface area contributed by atoms with Gasteiger partial charge >= 0.3 is 6.09 Å². The molecule has 0 saturated carbocycles. The highest BCUT2D eigenvalue weighted by molar-refractivity contribution is 5.80. The summed E-state index contributed by atoms with van der Waals surface area (Å²) in [5.41, 5.74) is 13.4. The number of aryl methyl sites for hydroxylation is 1. The highest BCUT2D eigenvalue weighted by Crippen LogP contribution is 2.25. The summed E-state index contributed by atoms with van der Waals surface area (Å²) in [6.45, 7) is 1.51. The van der Waals surface area contributed by atoms with Crippen LogP contribution in [0.1, 0.15) is 36.8 Å². The summed E-state index contributed by atoms with van der Waals surface area (Å²) in [6.07, 6.45) is 4.63. The molecule has 0 bridgehead atoms. The van der Waals surface area contributed by atoms with Gasteiger partial charge in [-0.15, -0.1) is 0 Å². The molecule has 2 aromatic carbocycles. The Kier molecular flexibility index (Phi) is 10.9. The molecule has 0 aromatic heterocycles. The third kappa shape index (κ3) is 8.58. The Bertz CT molecular complexity index is 994. The largest absolute Gasteiger partial charge is 0.493 e. The lowest BCUT2D eigenvalue weighted by atomic mass is 10.1. The van der Waals surface area contributed by atoms with Gasteiger partial charge in [0.05, 0.1) is 18.7 Å². The Balaban J connectivity index is 0.000000313. The normalized spacial score (nSPS) is 19.4. The van der Waals surface area contributed by atoms with Gasteiger partial charge in [0.25, 0.3) is 0 Å². The van der Waals surface area contributed by atoms with E-state index in [1.807, 2.05) is 54.4 Å². The summed E-state index contributed by atoms with van der Waals surface area (Å²) in [5.74, 6) is 0.746. The van der Waals surface area contributed by atoms with Gasteiger partial charge in [-0.05, 0) is 56.3 Å². The number of likely N-dealkylation sites (N-methyl/N-ethyl adjacent to an activating group) is 1. The zero-order valence-electron chi connectivity index (χ0n) is 21.5. The van der Waals surface area contributed by atoms with Crippen LogP contribution in [0.4, 0.5) is 4.79 Å². The predicted molar refractivity (Wildman–Crippen MR) is 141 cm³/mol. The first-order valence-electron chi connectivity index (χ1n) is 12.8. The molecule has 1 saturated heterocycles. The third-order valence-electron chi connectivity index (χ3n) is 6.79. The summed E-state index contributed by atoms with van der Waals surface area (Å²) in [7, 11) is 1.86. The van der Waals surface area contributed by atoms with E-state index in [0.717, 1.165) is 30.8 Å².